The fourth-order valence-corrected chi connectivity index (χ4v) is 1.15. The summed E-state index contributed by atoms with van der Waals surface area (Å²) in [6.07, 6.45) is 0.369. The number of carbonyl (C=O) groups excluding carboxylic acids is 1. The number of rotatable bonds is 6. The summed E-state index contributed by atoms with van der Waals surface area (Å²) >= 11 is 0. The molecule has 0 aliphatic heterocycles. The molecule has 7 nitrogen and oxygen atoms in total. The van der Waals surface area contributed by atoms with Crippen molar-refractivity contribution in [1.29, 1.82) is 0 Å². The molecule has 0 radical (unpaired) electrons. The summed E-state index contributed by atoms with van der Waals surface area (Å²) in [5, 5.41) is 16.4. The minimum Gasteiger partial charge on any atom is -0.407 e. The van der Waals surface area contributed by atoms with Crippen LogP contribution >= 0.6 is 0 Å². The van der Waals surface area contributed by atoms with E-state index in [0.717, 1.165) is 0 Å². The van der Waals surface area contributed by atoms with Crippen LogP contribution in [0.2, 0.25) is 0 Å². The van der Waals surface area contributed by atoms with Crippen LogP contribution in [0.5, 0.6) is 0 Å². The minimum atomic E-state index is -0.0309. The van der Waals surface area contributed by atoms with Gasteiger partial charge in [0.1, 0.15) is 0 Å². The van der Waals surface area contributed by atoms with Gasteiger partial charge in [-0.2, -0.15) is 0 Å². The van der Waals surface area contributed by atoms with Crippen molar-refractivity contribution >= 4 is 11.9 Å². The van der Waals surface area contributed by atoms with Crippen LogP contribution in [-0.4, -0.2) is 35.2 Å². The van der Waals surface area contributed by atoms with Gasteiger partial charge in [0.15, 0.2) is 0 Å². The van der Waals surface area contributed by atoms with Crippen LogP contribution in [0.15, 0.2) is 4.42 Å². The van der Waals surface area contributed by atoms with Crippen LogP contribution in [0, 0.1) is 0 Å². The third kappa shape index (κ3) is 5.62. The molecule has 102 valence electrons. The normalized spacial score (nSPS) is 11.3. The highest BCUT2D eigenvalue weighted by molar-refractivity contribution is 5.75. The Labute approximate surface area is 107 Å². The SMILES string of the molecule is CNC(=O)CCNc1nnc(CNC(C)(C)C)o1. The van der Waals surface area contributed by atoms with Crippen molar-refractivity contribution in [1.82, 2.24) is 20.8 Å². The van der Waals surface area contributed by atoms with Crippen molar-refractivity contribution < 1.29 is 9.21 Å². The van der Waals surface area contributed by atoms with E-state index in [9.17, 15) is 4.79 Å². The van der Waals surface area contributed by atoms with E-state index in [2.05, 4.69) is 46.9 Å². The molecule has 18 heavy (non-hydrogen) atoms. The molecule has 1 heterocycles. The van der Waals surface area contributed by atoms with Gasteiger partial charge in [-0.1, -0.05) is 5.10 Å². The second-order valence-corrected chi connectivity index (χ2v) is 4.95. The lowest BCUT2D eigenvalue weighted by Gasteiger charge is -2.18. The first-order chi connectivity index (χ1) is 8.40. The van der Waals surface area contributed by atoms with E-state index < -0.39 is 0 Å². The molecule has 0 saturated carbocycles. The number of hydrogen-bond acceptors (Lipinski definition) is 6. The van der Waals surface area contributed by atoms with Gasteiger partial charge < -0.3 is 20.4 Å². The van der Waals surface area contributed by atoms with Gasteiger partial charge in [-0.05, 0) is 20.8 Å². The Morgan fingerprint density at radius 3 is 2.67 bits per heavy atom. The van der Waals surface area contributed by atoms with Crippen molar-refractivity contribution in [2.24, 2.45) is 0 Å². The van der Waals surface area contributed by atoms with Crippen molar-refractivity contribution in [2.75, 3.05) is 18.9 Å². The second-order valence-electron chi connectivity index (χ2n) is 4.95. The van der Waals surface area contributed by atoms with Crippen molar-refractivity contribution in [3.63, 3.8) is 0 Å². The first-order valence-electron chi connectivity index (χ1n) is 5.92. The van der Waals surface area contributed by atoms with Gasteiger partial charge in [0.05, 0.1) is 6.54 Å². The highest BCUT2D eigenvalue weighted by Crippen LogP contribution is 2.07. The van der Waals surface area contributed by atoms with Crippen LogP contribution in [0.3, 0.4) is 0 Å². The maximum atomic E-state index is 11.0. The second kappa shape index (κ2) is 6.34. The van der Waals surface area contributed by atoms with Gasteiger partial charge in [-0.15, -0.1) is 5.10 Å². The van der Waals surface area contributed by atoms with Gasteiger partial charge in [-0.25, -0.2) is 0 Å². The van der Waals surface area contributed by atoms with E-state index in [4.69, 9.17) is 4.42 Å². The fourth-order valence-electron chi connectivity index (χ4n) is 1.15. The summed E-state index contributed by atoms with van der Waals surface area (Å²) in [6.45, 7) is 7.17. The van der Waals surface area contributed by atoms with Gasteiger partial charge in [-0.3, -0.25) is 4.79 Å². The smallest absolute Gasteiger partial charge is 0.315 e. The Morgan fingerprint density at radius 1 is 1.33 bits per heavy atom. The maximum absolute atomic E-state index is 11.0. The van der Waals surface area contributed by atoms with Crippen molar-refractivity contribution in [3.8, 4) is 0 Å². The maximum Gasteiger partial charge on any atom is 0.315 e. The Balaban J connectivity index is 2.32. The molecule has 0 spiro atoms. The number of aromatic nitrogens is 2. The molecule has 0 aliphatic carbocycles. The molecule has 3 N–H and O–H groups in total. The van der Waals surface area contributed by atoms with E-state index in [-0.39, 0.29) is 11.4 Å². The largest absolute Gasteiger partial charge is 0.407 e. The third-order valence-electron chi connectivity index (χ3n) is 2.14. The van der Waals surface area contributed by atoms with Crippen LogP contribution in [0.1, 0.15) is 33.1 Å². The summed E-state index contributed by atoms with van der Waals surface area (Å²) in [5.41, 5.74) is 0.00127. The summed E-state index contributed by atoms with van der Waals surface area (Å²) in [5.74, 6) is 0.490. The van der Waals surface area contributed by atoms with Crippen LogP contribution < -0.4 is 16.0 Å². The molecule has 0 saturated heterocycles. The molecule has 0 unspecified atom stereocenters. The number of hydrogen-bond donors (Lipinski definition) is 3. The van der Waals surface area contributed by atoms with Gasteiger partial charge in [0.25, 0.3) is 0 Å². The van der Waals surface area contributed by atoms with E-state index in [0.29, 0.717) is 31.4 Å². The molecule has 1 amide bonds. The Bertz CT molecular complexity index is 383. The fraction of sp³-hybridized carbons (Fsp3) is 0.727. The van der Waals surface area contributed by atoms with Crippen molar-refractivity contribution in [3.05, 3.63) is 5.89 Å². The van der Waals surface area contributed by atoms with Crippen molar-refractivity contribution in [2.45, 2.75) is 39.3 Å². The minimum absolute atomic E-state index is 0.00127. The average Bonchev–Trinajstić information content (AvgIpc) is 2.73. The standard InChI is InChI=1S/C11H21N5O2/c1-11(2,3)14-7-9-15-16-10(18-9)13-6-5-8(17)12-4/h14H,5-7H2,1-4H3,(H,12,17)(H,13,16). The van der Waals surface area contributed by atoms with Crippen LogP contribution in [0.25, 0.3) is 0 Å². The number of nitrogens with zero attached hydrogens (tertiary/aromatic N) is 2. The average molecular weight is 255 g/mol. The van der Waals surface area contributed by atoms with E-state index in [1.165, 1.54) is 0 Å². The monoisotopic (exact) mass is 255 g/mol. The van der Waals surface area contributed by atoms with E-state index >= 15 is 0 Å². The molecule has 0 bridgehead atoms. The number of anilines is 1. The number of nitrogens with one attached hydrogen (secondary N) is 3. The third-order valence-corrected chi connectivity index (χ3v) is 2.14. The predicted molar refractivity (Wildman–Crippen MR) is 68.1 cm³/mol. The Morgan fingerprint density at radius 2 is 2.06 bits per heavy atom. The first kappa shape index (κ1) is 14.4. The number of carbonyl (C=O) groups is 1. The topological polar surface area (TPSA) is 92.1 Å². The molecule has 0 atom stereocenters. The summed E-state index contributed by atoms with van der Waals surface area (Å²) in [6, 6.07) is 0.338. The zero-order valence-electron chi connectivity index (χ0n) is 11.3. The van der Waals surface area contributed by atoms with Crippen LogP contribution in [-0.2, 0) is 11.3 Å². The quantitative estimate of drug-likeness (QED) is 0.686. The molecule has 0 aliphatic rings. The van der Waals surface area contributed by atoms with Gasteiger partial charge >= 0.3 is 6.01 Å². The molecular weight excluding hydrogens is 234 g/mol. The highest BCUT2D eigenvalue weighted by atomic mass is 16.4. The summed E-state index contributed by atoms with van der Waals surface area (Å²) < 4.78 is 5.37. The van der Waals surface area contributed by atoms with Gasteiger partial charge in [0.2, 0.25) is 11.8 Å². The predicted octanol–water partition coefficient (Wildman–Crippen LogP) is 0.506. The van der Waals surface area contributed by atoms with E-state index in [1.54, 1.807) is 7.05 Å². The lowest BCUT2D eigenvalue weighted by atomic mass is 10.1. The molecular formula is C11H21N5O2. The molecule has 1 rings (SSSR count). The molecule has 1 aromatic heterocycles. The molecule has 7 heteroatoms. The van der Waals surface area contributed by atoms with Gasteiger partial charge in [0, 0.05) is 25.6 Å². The summed E-state index contributed by atoms with van der Waals surface area (Å²) in [4.78, 5) is 11.0. The first-order valence-corrected chi connectivity index (χ1v) is 5.92. The Hall–Kier alpha value is -1.63. The highest BCUT2D eigenvalue weighted by Gasteiger charge is 2.12. The molecule has 0 fully saturated rings. The lowest BCUT2D eigenvalue weighted by Crippen LogP contribution is -2.35. The summed E-state index contributed by atoms with van der Waals surface area (Å²) in [7, 11) is 1.60. The molecule has 0 aromatic carbocycles. The molecule has 1 aromatic rings. The lowest BCUT2D eigenvalue weighted by molar-refractivity contribution is -0.120. The number of amides is 1. The van der Waals surface area contributed by atoms with E-state index in [1.807, 2.05) is 0 Å². The zero-order valence-corrected chi connectivity index (χ0v) is 11.3. The van der Waals surface area contributed by atoms with Crippen LogP contribution in [0.4, 0.5) is 6.01 Å². The zero-order chi connectivity index (χ0) is 13.6. The Kier molecular flexibility index (Phi) is 5.08.